The Morgan fingerprint density at radius 2 is 1.86 bits per heavy atom. The first-order valence-electron chi connectivity index (χ1n) is 9.19. The highest BCUT2D eigenvalue weighted by atomic mass is 16.5. The number of carbonyl (C=O) groups excluding carboxylic acids is 1. The van der Waals surface area contributed by atoms with Crippen LogP contribution in [0, 0.1) is 0 Å². The predicted molar refractivity (Wildman–Crippen MR) is 112 cm³/mol. The van der Waals surface area contributed by atoms with Crippen molar-refractivity contribution in [3.63, 3.8) is 0 Å². The number of hydrogen-bond donors (Lipinski definition) is 2. The number of ether oxygens (including phenoxy) is 1. The summed E-state index contributed by atoms with van der Waals surface area (Å²) in [5.74, 6) is 1.37. The normalized spacial score (nSPS) is 11.8. The van der Waals surface area contributed by atoms with Gasteiger partial charge in [0, 0.05) is 36.6 Å². The summed E-state index contributed by atoms with van der Waals surface area (Å²) in [7, 11) is 3.50. The van der Waals surface area contributed by atoms with Gasteiger partial charge < -0.3 is 19.9 Å². The number of methoxy groups -OCH3 is 1. The second-order valence-corrected chi connectivity index (χ2v) is 6.55. The summed E-state index contributed by atoms with van der Waals surface area (Å²) in [5.41, 5.74) is 2.19. The minimum Gasteiger partial charge on any atom is -0.496 e. The van der Waals surface area contributed by atoms with Crippen molar-refractivity contribution in [2.45, 2.75) is 6.04 Å². The number of benzene rings is 2. The van der Waals surface area contributed by atoms with Crippen LogP contribution in [0.5, 0.6) is 5.75 Å². The molecule has 4 aromatic rings. The van der Waals surface area contributed by atoms with Gasteiger partial charge in [0.2, 0.25) is 0 Å². The van der Waals surface area contributed by atoms with E-state index in [-0.39, 0.29) is 6.03 Å². The lowest BCUT2D eigenvalue weighted by Gasteiger charge is -2.21. The van der Waals surface area contributed by atoms with E-state index >= 15 is 0 Å². The Bertz CT molecular complexity index is 1150. The van der Waals surface area contributed by atoms with Crippen LogP contribution in [0.3, 0.4) is 0 Å². The van der Waals surface area contributed by atoms with Crippen LogP contribution in [-0.2, 0) is 7.05 Å². The fourth-order valence-electron chi connectivity index (χ4n) is 3.34. The van der Waals surface area contributed by atoms with E-state index in [0.29, 0.717) is 17.3 Å². The monoisotopic (exact) mass is 387 g/mol. The van der Waals surface area contributed by atoms with Crippen LogP contribution in [0.1, 0.15) is 17.4 Å². The maximum atomic E-state index is 12.9. The molecule has 0 radical (unpaired) electrons. The maximum absolute atomic E-state index is 12.9. The highest BCUT2D eigenvalue weighted by molar-refractivity contribution is 5.99. The lowest BCUT2D eigenvalue weighted by molar-refractivity contribution is 0.249. The van der Waals surface area contributed by atoms with Gasteiger partial charge in [-0.2, -0.15) is 0 Å². The van der Waals surface area contributed by atoms with Gasteiger partial charge in [-0.3, -0.25) is 4.98 Å². The zero-order valence-electron chi connectivity index (χ0n) is 16.2. The number of amides is 2. The molecule has 2 heterocycles. The molecule has 0 spiro atoms. The fourth-order valence-corrected chi connectivity index (χ4v) is 3.34. The van der Waals surface area contributed by atoms with Crippen LogP contribution in [0.2, 0.25) is 0 Å². The van der Waals surface area contributed by atoms with Crippen LogP contribution in [-0.4, -0.2) is 27.7 Å². The second kappa shape index (κ2) is 8.02. The molecule has 0 fully saturated rings. The smallest absolute Gasteiger partial charge is 0.320 e. The molecular formula is C22H21N5O2. The molecule has 146 valence electrons. The highest BCUT2D eigenvalue weighted by Crippen LogP contribution is 2.29. The Morgan fingerprint density at radius 1 is 1.03 bits per heavy atom. The number of nitrogens with zero attached hydrogens (tertiary/aromatic N) is 3. The van der Waals surface area contributed by atoms with Crippen LogP contribution in [0.25, 0.3) is 10.9 Å². The third kappa shape index (κ3) is 3.75. The predicted octanol–water partition coefficient (Wildman–Crippen LogP) is 3.89. The quantitative estimate of drug-likeness (QED) is 0.544. The zero-order chi connectivity index (χ0) is 20.2. The van der Waals surface area contributed by atoms with Gasteiger partial charge >= 0.3 is 6.03 Å². The average Bonchev–Trinajstić information content (AvgIpc) is 3.18. The minimum atomic E-state index is -0.492. The number of aryl methyl sites for hydroxylation is 1. The first-order valence-corrected chi connectivity index (χ1v) is 9.19. The second-order valence-electron chi connectivity index (χ2n) is 6.55. The molecule has 2 amide bonds. The van der Waals surface area contributed by atoms with E-state index in [1.165, 1.54) is 0 Å². The molecule has 2 aromatic carbocycles. The van der Waals surface area contributed by atoms with Crippen molar-refractivity contribution < 1.29 is 9.53 Å². The van der Waals surface area contributed by atoms with Crippen LogP contribution in [0.4, 0.5) is 10.5 Å². The molecular weight excluding hydrogens is 366 g/mol. The van der Waals surface area contributed by atoms with Crippen molar-refractivity contribution in [1.29, 1.82) is 0 Å². The molecule has 1 unspecified atom stereocenters. The lowest BCUT2D eigenvalue weighted by Crippen LogP contribution is -2.34. The van der Waals surface area contributed by atoms with Crippen LogP contribution in [0.15, 0.2) is 73.2 Å². The van der Waals surface area contributed by atoms with Gasteiger partial charge in [0.1, 0.15) is 17.6 Å². The standard InChI is InChI=1S/C22H21N5O2/c1-27-14-13-24-21(27)20(16-9-3-4-11-18(16)29-2)26-22(28)25-17-10-5-7-15-8-6-12-23-19(15)17/h3-14,20H,1-2H3,(H2,25,26,28). The number of anilines is 1. The summed E-state index contributed by atoms with van der Waals surface area (Å²) in [6, 6.07) is 16.2. The summed E-state index contributed by atoms with van der Waals surface area (Å²) in [6.07, 6.45) is 5.24. The Balaban J connectivity index is 1.66. The van der Waals surface area contributed by atoms with Crippen molar-refractivity contribution in [2.24, 2.45) is 7.05 Å². The average molecular weight is 387 g/mol. The molecule has 0 aliphatic heterocycles. The third-order valence-corrected chi connectivity index (χ3v) is 4.72. The first-order chi connectivity index (χ1) is 14.2. The van der Waals surface area contributed by atoms with Crippen LogP contribution < -0.4 is 15.4 Å². The molecule has 0 saturated carbocycles. The highest BCUT2D eigenvalue weighted by Gasteiger charge is 2.24. The largest absolute Gasteiger partial charge is 0.496 e. The Morgan fingerprint density at radius 3 is 2.66 bits per heavy atom. The van der Waals surface area contributed by atoms with Gasteiger partial charge in [-0.15, -0.1) is 0 Å². The molecule has 7 heteroatoms. The molecule has 4 rings (SSSR count). The minimum absolute atomic E-state index is 0.359. The van der Waals surface area contributed by atoms with E-state index in [4.69, 9.17) is 4.74 Å². The zero-order valence-corrected chi connectivity index (χ0v) is 16.2. The molecule has 1 atom stereocenters. The fraction of sp³-hybridized carbons (Fsp3) is 0.136. The number of rotatable bonds is 5. The first kappa shape index (κ1) is 18.5. The van der Waals surface area contributed by atoms with Gasteiger partial charge in [-0.1, -0.05) is 36.4 Å². The number of aromatic nitrogens is 3. The summed E-state index contributed by atoms with van der Waals surface area (Å²) >= 11 is 0. The van der Waals surface area contributed by atoms with Crippen LogP contribution >= 0.6 is 0 Å². The van der Waals surface area contributed by atoms with Crippen molar-refractivity contribution in [2.75, 3.05) is 12.4 Å². The lowest BCUT2D eigenvalue weighted by atomic mass is 10.0. The SMILES string of the molecule is COc1ccccc1C(NC(=O)Nc1cccc2cccnc12)c1nccn1C. The summed E-state index contributed by atoms with van der Waals surface area (Å²) in [6.45, 7) is 0. The van der Waals surface area contributed by atoms with Gasteiger partial charge in [0.15, 0.2) is 0 Å². The Kier molecular flexibility index (Phi) is 5.11. The van der Waals surface area contributed by atoms with E-state index < -0.39 is 6.04 Å². The Hall–Kier alpha value is -3.87. The van der Waals surface area contributed by atoms with Gasteiger partial charge in [-0.25, -0.2) is 9.78 Å². The van der Waals surface area contributed by atoms with Gasteiger partial charge in [0.25, 0.3) is 0 Å². The van der Waals surface area contributed by atoms with Gasteiger partial charge in [-0.05, 0) is 18.2 Å². The number of imidazole rings is 1. The van der Waals surface area contributed by atoms with E-state index in [1.54, 1.807) is 19.5 Å². The molecule has 0 aliphatic carbocycles. The van der Waals surface area contributed by atoms with Crippen molar-refractivity contribution in [1.82, 2.24) is 19.9 Å². The van der Waals surface area contributed by atoms with Gasteiger partial charge in [0.05, 0.1) is 18.3 Å². The van der Waals surface area contributed by atoms with Crippen molar-refractivity contribution in [3.05, 3.63) is 84.6 Å². The molecule has 0 bridgehead atoms. The van der Waals surface area contributed by atoms with E-state index in [1.807, 2.05) is 72.4 Å². The maximum Gasteiger partial charge on any atom is 0.320 e. The number of urea groups is 1. The molecule has 7 nitrogen and oxygen atoms in total. The van der Waals surface area contributed by atoms with Crippen molar-refractivity contribution in [3.8, 4) is 5.75 Å². The molecule has 2 N–H and O–H groups in total. The van der Waals surface area contributed by atoms with Crippen molar-refractivity contribution >= 4 is 22.6 Å². The molecule has 29 heavy (non-hydrogen) atoms. The third-order valence-electron chi connectivity index (χ3n) is 4.72. The number of nitrogens with one attached hydrogen (secondary N) is 2. The number of para-hydroxylation sites is 2. The topological polar surface area (TPSA) is 81.1 Å². The van der Waals surface area contributed by atoms with E-state index in [2.05, 4.69) is 20.6 Å². The summed E-state index contributed by atoms with van der Waals surface area (Å²) in [5, 5.41) is 6.89. The number of pyridine rings is 1. The summed E-state index contributed by atoms with van der Waals surface area (Å²) < 4.78 is 7.37. The number of carbonyl (C=O) groups is 1. The van der Waals surface area contributed by atoms with E-state index in [9.17, 15) is 4.79 Å². The molecule has 0 saturated heterocycles. The Labute approximate surface area is 168 Å². The molecule has 2 aromatic heterocycles. The summed E-state index contributed by atoms with van der Waals surface area (Å²) in [4.78, 5) is 21.7. The number of fused-ring (bicyclic) bond motifs is 1. The molecule has 0 aliphatic rings. The number of hydrogen-bond acceptors (Lipinski definition) is 4. The van der Waals surface area contributed by atoms with E-state index in [0.717, 1.165) is 16.5 Å².